The first kappa shape index (κ1) is 23.1. The van der Waals surface area contributed by atoms with Crippen molar-refractivity contribution in [3.8, 4) is 0 Å². The molecule has 2 amide bonds. The maximum atomic E-state index is 12.7. The van der Waals surface area contributed by atoms with E-state index in [0.717, 1.165) is 24.4 Å². The number of rotatable bonds is 10. The van der Waals surface area contributed by atoms with E-state index in [9.17, 15) is 14.4 Å². The Morgan fingerprint density at radius 2 is 1.72 bits per heavy atom. The Balaban J connectivity index is 1.83. The molecular formula is C24H36N2O3. The van der Waals surface area contributed by atoms with Crippen molar-refractivity contribution in [2.45, 2.75) is 66.2 Å². The van der Waals surface area contributed by atoms with Gasteiger partial charge in [0.1, 0.15) is 6.54 Å². The molecule has 0 aromatic heterocycles. The van der Waals surface area contributed by atoms with Gasteiger partial charge in [-0.3, -0.25) is 14.4 Å². The number of unbranched alkanes of at least 4 members (excludes halogenated alkanes) is 3. The number of amides is 2. The molecule has 160 valence electrons. The third-order valence-electron chi connectivity index (χ3n) is 5.46. The average Bonchev–Trinajstić information content (AvgIpc) is 2.69. The summed E-state index contributed by atoms with van der Waals surface area (Å²) in [7, 11) is 0. The largest absolute Gasteiger partial charge is 0.332 e. The number of piperazine rings is 1. The number of hydrogen-bond acceptors (Lipinski definition) is 3. The van der Waals surface area contributed by atoms with Crippen LogP contribution in [-0.2, 0) is 9.59 Å². The second-order valence-corrected chi connectivity index (χ2v) is 8.78. The molecule has 0 radical (unpaired) electrons. The SMILES string of the molecule is CC(C)CCCCCCC(=O)N1CCN(c2cccc(C(=O)C(C)C)c2)C(=O)C1. The van der Waals surface area contributed by atoms with Gasteiger partial charge in [-0.15, -0.1) is 0 Å². The molecule has 0 bridgehead atoms. The van der Waals surface area contributed by atoms with Crippen LogP contribution in [0.3, 0.4) is 0 Å². The van der Waals surface area contributed by atoms with E-state index >= 15 is 0 Å². The van der Waals surface area contributed by atoms with Gasteiger partial charge >= 0.3 is 0 Å². The fourth-order valence-electron chi connectivity index (χ4n) is 3.66. The summed E-state index contributed by atoms with van der Waals surface area (Å²) in [5.41, 5.74) is 1.36. The van der Waals surface area contributed by atoms with Gasteiger partial charge in [0.2, 0.25) is 11.8 Å². The summed E-state index contributed by atoms with van der Waals surface area (Å²) >= 11 is 0. The van der Waals surface area contributed by atoms with Crippen molar-refractivity contribution in [1.82, 2.24) is 4.90 Å². The molecule has 1 fully saturated rings. The molecule has 0 atom stereocenters. The Kier molecular flexibility index (Phi) is 8.87. The molecule has 0 spiro atoms. The summed E-state index contributed by atoms with van der Waals surface area (Å²) in [5, 5.41) is 0. The number of benzene rings is 1. The highest BCUT2D eigenvalue weighted by Crippen LogP contribution is 2.21. The molecule has 1 aliphatic rings. The van der Waals surface area contributed by atoms with E-state index in [-0.39, 0.29) is 30.1 Å². The minimum atomic E-state index is -0.0873. The summed E-state index contributed by atoms with van der Waals surface area (Å²) in [6, 6.07) is 7.24. The molecular weight excluding hydrogens is 364 g/mol. The third-order valence-corrected chi connectivity index (χ3v) is 5.46. The quantitative estimate of drug-likeness (QED) is 0.423. The lowest BCUT2D eigenvalue weighted by molar-refractivity contribution is -0.136. The summed E-state index contributed by atoms with van der Waals surface area (Å²) in [5.74, 6) is 0.715. The van der Waals surface area contributed by atoms with E-state index < -0.39 is 0 Å². The van der Waals surface area contributed by atoms with E-state index in [1.54, 1.807) is 21.9 Å². The Labute approximate surface area is 175 Å². The summed E-state index contributed by atoms with van der Waals surface area (Å²) in [4.78, 5) is 40.7. The number of hydrogen-bond donors (Lipinski definition) is 0. The van der Waals surface area contributed by atoms with Crippen LogP contribution in [0.5, 0.6) is 0 Å². The normalized spacial score (nSPS) is 14.8. The van der Waals surface area contributed by atoms with Crippen molar-refractivity contribution in [3.63, 3.8) is 0 Å². The average molecular weight is 401 g/mol. The molecule has 0 N–H and O–H groups in total. The molecule has 29 heavy (non-hydrogen) atoms. The van der Waals surface area contributed by atoms with Gasteiger partial charge in [-0.2, -0.15) is 0 Å². The zero-order chi connectivity index (χ0) is 21.4. The number of carbonyl (C=O) groups is 3. The lowest BCUT2D eigenvalue weighted by atomic mass is 10.0. The van der Waals surface area contributed by atoms with Crippen molar-refractivity contribution in [1.29, 1.82) is 0 Å². The van der Waals surface area contributed by atoms with Crippen molar-refractivity contribution >= 4 is 23.3 Å². The number of nitrogens with zero attached hydrogens (tertiary/aromatic N) is 2. The van der Waals surface area contributed by atoms with Crippen LogP contribution < -0.4 is 4.90 Å². The van der Waals surface area contributed by atoms with E-state index in [1.165, 1.54) is 19.3 Å². The Bertz CT molecular complexity index is 712. The number of carbonyl (C=O) groups excluding carboxylic acids is 3. The Morgan fingerprint density at radius 1 is 1.00 bits per heavy atom. The molecule has 5 heteroatoms. The maximum absolute atomic E-state index is 12.7. The topological polar surface area (TPSA) is 57.7 Å². The fraction of sp³-hybridized carbons (Fsp3) is 0.625. The lowest BCUT2D eigenvalue weighted by Gasteiger charge is -2.34. The zero-order valence-corrected chi connectivity index (χ0v) is 18.4. The van der Waals surface area contributed by atoms with Crippen molar-refractivity contribution < 1.29 is 14.4 Å². The minimum Gasteiger partial charge on any atom is -0.332 e. The second kappa shape index (κ2) is 11.1. The van der Waals surface area contributed by atoms with Gasteiger partial charge < -0.3 is 9.80 Å². The highest BCUT2D eigenvalue weighted by atomic mass is 16.2. The molecule has 5 nitrogen and oxygen atoms in total. The summed E-state index contributed by atoms with van der Waals surface area (Å²) in [6.45, 7) is 9.34. The van der Waals surface area contributed by atoms with Crippen molar-refractivity contribution in [2.24, 2.45) is 11.8 Å². The molecule has 1 heterocycles. The zero-order valence-electron chi connectivity index (χ0n) is 18.4. The van der Waals surface area contributed by atoms with Gasteiger partial charge in [0, 0.05) is 36.7 Å². The standard InChI is InChI=1S/C24H36N2O3/c1-18(2)10-7-5-6-8-13-22(27)25-14-15-26(23(28)17-25)21-12-9-11-20(16-21)24(29)19(3)4/h9,11-12,16,18-19H,5-8,10,13-15,17H2,1-4H3. The number of Topliss-reactive ketones (excluding diaryl/α,β-unsaturated/α-hetero) is 1. The van der Waals surface area contributed by atoms with Gasteiger partial charge in [-0.1, -0.05) is 65.5 Å². The van der Waals surface area contributed by atoms with Gasteiger partial charge in [-0.05, 0) is 24.5 Å². The van der Waals surface area contributed by atoms with Crippen LogP contribution in [0, 0.1) is 11.8 Å². The van der Waals surface area contributed by atoms with Gasteiger partial charge in [-0.25, -0.2) is 0 Å². The first-order valence-corrected chi connectivity index (χ1v) is 11.0. The first-order chi connectivity index (χ1) is 13.8. The molecule has 0 aliphatic carbocycles. The lowest BCUT2D eigenvalue weighted by Crippen LogP contribution is -2.52. The monoisotopic (exact) mass is 400 g/mol. The van der Waals surface area contributed by atoms with Crippen LogP contribution in [0.4, 0.5) is 5.69 Å². The van der Waals surface area contributed by atoms with E-state index in [4.69, 9.17) is 0 Å². The van der Waals surface area contributed by atoms with Crippen LogP contribution in [0.1, 0.15) is 76.6 Å². The van der Waals surface area contributed by atoms with Crippen LogP contribution in [0.2, 0.25) is 0 Å². The summed E-state index contributed by atoms with van der Waals surface area (Å²) < 4.78 is 0. The fourth-order valence-corrected chi connectivity index (χ4v) is 3.66. The molecule has 1 aromatic rings. The van der Waals surface area contributed by atoms with Crippen molar-refractivity contribution in [3.05, 3.63) is 29.8 Å². The van der Waals surface area contributed by atoms with E-state index in [2.05, 4.69) is 13.8 Å². The predicted octanol–water partition coefficient (Wildman–Crippen LogP) is 4.70. The first-order valence-electron chi connectivity index (χ1n) is 11.0. The van der Waals surface area contributed by atoms with Gasteiger partial charge in [0.15, 0.2) is 5.78 Å². The molecule has 0 unspecified atom stereocenters. The number of anilines is 1. The predicted molar refractivity (Wildman–Crippen MR) is 117 cm³/mol. The molecule has 1 aromatic carbocycles. The third kappa shape index (κ3) is 6.98. The minimum absolute atomic E-state index is 0.0708. The maximum Gasteiger partial charge on any atom is 0.246 e. The Morgan fingerprint density at radius 3 is 2.38 bits per heavy atom. The highest BCUT2D eigenvalue weighted by molar-refractivity contribution is 6.01. The van der Waals surface area contributed by atoms with E-state index in [1.807, 2.05) is 26.0 Å². The van der Waals surface area contributed by atoms with Gasteiger partial charge in [0.05, 0.1) is 0 Å². The summed E-state index contributed by atoms with van der Waals surface area (Å²) in [6.07, 6.45) is 6.13. The highest BCUT2D eigenvalue weighted by Gasteiger charge is 2.28. The molecule has 2 rings (SSSR count). The molecule has 1 aliphatic heterocycles. The van der Waals surface area contributed by atoms with Crippen LogP contribution in [0.15, 0.2) is 24.3 Å². The molecule has 1 saturated heterocycles. The van der Waals surface area contributed by atoms with Crippen LogP contribution in [0.25, 0.3) is 0 Å². The Hall–Kier alpha value is -2.17. The van der Waals surface area contributed by atoms with Crippen molar-refractivity contribution in [2.75, 3.05) is 24.5 Å². The van der Waals surface area contributed by atoms with Crippen LogP contribution in [-0.4, -0.2) is 42.1 Å². The van der Waals surface area contributed by atoms with E-state index in [0.29, 0.717) is 25.1 Å². The molecule has 0 saturated carbocycles. The van der Waals surface area contributed by atoms with Crippen LogP contribution >= 0.6 is 0 Å². The van der Waals surface area contributed by atoms with Gasteiger partial charge in [0.25, 0.3) is 0 Å². The smallest absolute Gasteiger partial charge is 0.246 e. The number of ketones is 1. The second-order valence-electron chi connectivity index (χ2n) is 8.78.